The lowest BCUT2D eigenvalue weighted by atomic mass is 10.0. The molecule has 0 saturated heterocycles. The van der Waals surface area contributed by atoms with Gasteiger partial charge in [-0.2, -0.15) is 5.10 Å². The third-order valence-electron chi connectivity index (χ3n) is 4.48. The van der Waals surface area contributed by atoms with Gasteiger partial charge in [-0.05, 0) is 61.0 Å². The van der Waals surface area contributed by atoms with Crippen LogP contribution in [0.5, 0.6) is 0 Å². The van der Waals surface area contributed by atoms with Gasteiger partial charge in [0.15, 0.2) is 0 Å². The summed E-state index contributed by atoms with van der Waals surface area (Å²) >= 11 is 3.43. The molecule has 1 aromatic heterocycles. The maximum absolute atomic E-state index is 13.2. The maximum Gasteiger partial charge on any atom is 0.274 e. The SMILES string of the molecule is Cc1ccc([C@H]2CC(c3ccc(Br)cc3)=NN2C(=O)c2ccc(F)cc2)o1. The lowest BCUT2D eigenvalue weighted by Crippen LogP contribution is -2.26. The summed E-state index contributed by atoms with van der Waals surface area (Å²) in [5.74, 6) is 0.779. The summed E-state index contributed by atoms with van der Waals surface area (Å²) in [6.07, 6.45) is 0.543. The van der Waals surface area contributed by atoms with Gasteiger partial charge >= 0.3 is 0 Å². The normalized spacial score (nSPS) is 16.5. The maximum atomic E-state index is 13.2. The fourth-order valence-electron chi connectivity index (χ4n) is 3.09. The molecule has 0 fully saturated rings. The van der Waals surface area contributed by atoms with Crippen LogP contribution in [0.2, 0.25) is 0 Å². The first-order valence-electron chi connectivity index (χ1n) is 8.50. The van der Waals surface area contributed by atoms with Crippen molar-refractivity contribution in [2.45, 2.75) is 19.4 Å². The predicted molar refractivity (Wildman–Crippen MR) is 104 cm³/mol. The molecule has 136 valence electrons. The highest BCUT2D eigenvalue weighted by molar-refractivity contribution is 9.10. The zero-order chi connectivity index (χ0) is 19.0. The topological polar surface area (TPSA) is 45.8 Å². The number of hydrogen-bond donors (Lipinski definition) is 0. The Labute approximate surface area is 164 Å². The summed E-state index contributed by atoms with van der Waals surface area (Å²) in [5, 5.41) is 6.02. The van der Waals surface area contributed by atoms with Crippen LogP contribution in [0.1, 0.15) is 39.9 Å². The van der Waals surface area contributed by atoms with Crippen molar-refractivity contribution in [2.24, 2.45) is 5.10 Å². The number of benzene rings is 2. The molecular weight excluding hydrogens is 411 g/mol. The molecule has 1 aliphatic heterocycles. The zero-order valence-corrected chi connectivity index (χ0v) is 16.1. The van der Waals surface area contributed by atoms with Gasteiger partial charge in [-0.1, -0.05) is 28.1 Å². The Bertz CT molecular complexity index is 1010. The highest BCUT2D eigenvalue weighted by atomic mass is 79.9. The highest BCUT2D eigenvalue weighted by Crippen LogP contribution is 2.35. The van der Waals surface area contributed by atoms with Crippen molar-refractivity contribution >= 4 is 27.5 Å². The van der Waals surface area contributed by atoms with Gasteiger partial charge in [0.1, 0.15) is 23.4 Å². The molecule has 27 heavy (non-hydrogen) atoms. The van der Waals surface area contributed by atoms with Crippen molar-refractivity contribution in [1.82, 2.24) is 5.01 Å². The molecule has 0 aliphatic carbocycles. The van der Waals surface area contributed by atoms with E-state index in [2.05, 4.69) is 21.0 Å². The number of carbonyl (C=O) groups excluding carboxylic acids is 1. The van der Waals surface area contributed by atoms with Crippen LogP contribution in [0, 0.1) is 12.7 Å². The first kappa shape index (κ1) is 17.7. The van der Waals surface area contributed by atoms with E-state index in [1.807, 2.05) is 43.3 Å². The monoisotopic (exact) mass is 426 g/mol. The minimum atomic E-state index is -0.384. The van der Waals surface area contributed by atoms with E-state index in [1.54, 1.807) is 0 Å². The molecule has 1 amide bonds. The van der Waals surface area contributed by atoms with E-state index in [-0.39, 0.29) is 17.8 Å². The third-order valence-corrected chi connectivity index (χ3v) is 5.01. The standard InChI is InChI=1S/C21H16BrFN2O2/c1-13-2-11-20(27-13)19-12-18(14-3-7-16(22)8-4-14)24-25(19)21(26)15-5-9-17(23)10-6-15/h2-11,19H,12H2,1H3/t19-/m1/s1. The van der Waals surface area contributed by atoms with Gasteiger partial charge in [0, 0.05) is 16.5 Å². The molecule has 0 N–H and O–H groups in total. The second-order valence-corrected chi connectivity index (χ2v) is 7.29. The van der Waals surface area contributed by atoms with Gasteiger partial charge in [-0.15, -0.1) is 0 Å². The Balaban J connectivity index is 1.71. The molecular formula is C21H16BrFN2O2. The number of nitrogens with zero attached hydrogens (tertiary/aromatic N) is 2. The molecule has 4 rings (SSSR count). The number of halogens is 2. The summed E-state index contributed by atoms with van der Waals surface area (Å²) in [6.45, 7) is 1.86. The summed E-state index contributed by atoms with van der Waals surface area (Å²) in [5.41, 5.74) is 2.13. The average Bonchev–Trinajstić information content (AvgIpc) is 3.29. The Morgan fingerprint density at radius 2 is 1.81 bits per heavy atom. The van der Waals surface area contributed by atoms with Crippen LogP contribution in [0.3, 0.4) is 0 Å². The van der Waals surface area contributed by atoms with Gasteiger partial charge in [0.05, 0.1) is 5.71 Å². The third kappa shape index (κ3) is 3.57. The number of hydrogen-bond acceptors (Lipinski definition) is 3. The van der Waals surface area contributed by atoms with E-state index < -0.39 is 0 Å². The first-order valence-corrected chi connectivity index (χ1v) is 9.29. The Hall–Kier alpha value is -2.73. The molecule has 1 atom stereocenters. The van der Waals surface area contributed by atoms with E-state index in [9.17, 15) is 9.18 Å². The number of amides is 1. The van der Waals surface area contributed by atoms with Gasteiger partial charge < -0.3 is 4.42 Å². The van der Waals surface area contributed by atoms with Crippen molar-refractivity contribution < 1.29 is 13.6 Å². The molecule has 6 heteroatoms. The largest absolute Gasteiger partial charge is 0.464 e. The van der Waals surface area contributed by atoms with Crippen molar-refractivity contribution in [1.29, 1.82) is 0 Å². The quantitative estimate of drug-likeness (QED) is 0.556. The Morgan fingerprint density at radius 1 is 1.11 bits per heavy atom. The number of rotatable bonds is 3. The number of carbonyl (C=O) groups is 1. The van der Waals surface area contributed by atoms with Gasteiger partial charge in [0.2, 0.25) is 0 Å². The molecule has 0 spiro atoms. The molecule has 1 aliphatic rings. The van der Waals surface area contributed by atoms with Crippen LogP contribution < -0.4 is 0 Å². The van der Waals surface area contributed by atoms with Crippen LogP contribution in [0.15, 0.2) is 74.7 Å². The van der Waals surface area contributed by atoms with E-state index in [0.717, 1.165) is 21.5 Å². The molecule has 2 aromatic carbocycles. The fraction of sp³-hybridized carbons (Fsp3) is 0.143. The van der Waals surface area contributed by atoms with Crippen LogP contribution in [0.25, 0.3) is 0 Å². The zero-order valence-electron chi connectivity index (χ0n) is 14.5. The molecule has 0 radical (unpaired) electrons. The van der Waals surface area contributed by atoms with Crippen molar-refractivity contribution in [3.63, 3.8) is 0 Å². The molecule has 0 bridgehead atoms. The minimum absolute atomic E-state index is 0.291. The molecule has 2 heterocycles. The minimum Gasteiger partial charge on any atom is -0.464 e. The number of aryl methyl sites for hydroxylation is 1. The fourth-order valence-corrected chi connectivity index (χ4v) is 3.36. The van der Waals surface area contributed by atoms with Crippen LogP contribution in [-0.4, -0.2) is 16.6 Å². The Kier molecular flexibility index (Phi) is 4.66. The molecule has 4 nitrogen and oxygen atoms in total. The smallest absolute Gasteiger partial charge is 0.274 e. The van der Waals surface area contributed by atoms with Gasteiger partial charge in [0.25, 0.3) is 5.91 Å². The lowest BCUT2D eigenvalue weighted by molar-refractivity contribution is 0.0692. The highest BCUT2D eigenvalue weighted by Gasteiger charge is 2.35. The Morgan fingerprint density at radius 3 is 2.44 bits per heavy atom. The van der Waals surface area contributed by atoms with E-state index in [0.29, 0.717) is 17.7 Å². The number of furan rings is 1. The second-order valence-electron chi connectivity index (χ2n) is 6.38. The van der Waals surface area contributed by atoms with E-state index >= 15 is 0 Å². The second kappa shape index (κ2) is 7.12. The first-order chi connectivity index (χ1) is 13.0. The average molecular weight is 427 g/mol. The van der Waals surface area contributed by atoms with Crippen LogP contribution in [0.4, 0.5) is 4.39 Å². The van der Waals surface area contributed by atoms with Crippen molar-refractivity contribution in [2.75, 3.05) is 0 Å². The predicted octanol–water partition coefficient (Wildman–Crippen LogP) is 5.48. The van der Waals surface area contributed by atoms with Crippen molar-refractivity contribution in [3.8, 4) is 0 Å². The summed E-state index contributed by atoms with van der Waals surface area (Å²) in [4.78, 5) is 13.0. The van der Waals surface area contributed by atoms with Crippen LogP contribution >= 0.6 is 15.9 Å². The van der Waals surface area contributed by atoms with Gasteiger partial charge in [-0.3, -0.25) is 4.79 Å². The summed E-state index contributed by atoms with van der Waals surface area (Å²) in [6, 6.07) is 16.7. The van der Waals surface area contributed by atoms with E-state index in [4.69, 9.17) is 4.42 Å². The summed E-state index contributed by atoms with van der Waals surface area (Å²) in [7, 11) is 0. The van der Waals surface area contributed by atoms with E-state index in [1.165, 1.54) is 29.3 Å². The molecule has 0 saturated carbocycles. The summed E-state index contributed by atoms with van der Waals surface area (Å²) < 4.78 is 20.0. The van der Waals surface area contributed by atoms with Gasteiger partial charge in [-0.25, -0.2) is 9.40 Å². The number of hydrazone groups is 1. The van der Waals surface area contributed by atoms with Crippen molar-refractivity contribution in [3.05, 3.63) is 93.6 Å². The lowest BCUT2D eigenvalue weighted by Gasteiger charge is -2.20. The molecule has 3 aromatic rings. The molecule has 0 unspecified atom stereocenters. The van der Waals surface area contributed by atoms with Crippen LogP contribution in [-0.2, 0) is 0 Å².